The lowest BCUT2D eigenvalue weighted by molar-refractivity contribution is -0.110. The van der Waals surface area contributed by atoms with Crippen molar-refractivity contribution in [3.63, 3.8) is 0 Å². The fourth-order valence-electron chi connectivity index (χ4n) is 2.19. The zero-order valence-electron chi connectivity index (χ0n) is 10.4. The van der Waals surface area contributed by atoms with Crippen LogP contribution in [0.5, 0.6) is 0 Å². The maximum absolute atomic E-state index is 12.1. The lowest BCUT2D eigenvalue weighted by Crippen LogP contribution is -2.03. The molecule has 1 N–H and O–H groups in total. The molecule has 0 atom stereocenters. The normalized spacial score (nSPS) is 15.5. The Labute approximate surface area is 120 Å². The van der Waals surface area contributed by atoms with Crippen molar-refractivity contribution in [1.29, 1.82) is 0 Å². The second-order valence-corrected chi connectivity index (χ2v) is 5.44. The van der Waals surface area contributed by atoms with E-state index in [1.54, 1.807) is 0 Å². The van der Waals surface area contributed by atoms with E-state index in [-0.39, 0.29) is 5.91 Å². The quantitative estimate of drug-likeness (QED) is 0.783. The molecule has 1 heterocycles. The summed E-state index contributed by atoms with van der Waals surface area (Å²) >= 11 is 3.50. The highest BCUT2D eigenvalue weighted by Gasteiger charge is 2.23. The minimum absolute atomic E-state index is 0.0450. The molecule has 2 aromatic rings. The number of benzene rings is 2. The molecule has 0 fully saturated rings. The Balaban J connectivity index is 2.14. The first kappa shape index (κ1) is 12.2. The minimum Gasteiger partial charge on any atom is -0.321 e. The van der Waals surface area contributed by atoms with Crippen LogP contribution in [0, 0.1) is 6.92 Å². The first-order chi connectivity index (χ1) is 9.15. The summed E-state index contributed by atoms with van der Waals surface area (Å²) in [7, 11) is 0. The molecule has 3 rings (SSSR count). The zero-order valence-corrected chi connectivity index (χ0v) is 12.0. The fraction of sp³-hybridized carbons (Fsp3) is 0.0625. The summed E-state index contributed by atoms with van der Waals surface area (Å²) < 4.78 is 0.983. The Bertz CT molecular complexity index is 704. The predicted octanol–water partition coefficient (Wildman–Crippen LogP) is 4.25. The van der Waals surface area contributed by atoms with Gasteiger partial charge in [0.25, 0.3) is 5.91 Å². The standard InChI is InChI=1S/C16H12BrNO/c1-10-6-7-15-12(8-10)13(16(19)18-15)9-11-4-2-3-5-14(11)17/h2-9H,1H3,(H,18,19)/b13-9+. The molecule has 0 bridgehead atoms. The van der Waals surface area contributed by atoms with Crippen LogP contribution in [-0.4, -0.2) is 5.91 Å². The Kier molecular flexibility index (Phi) is 2.99. The van der Waals surface area contributed by atoms with Gasteiger partial charge in [-0.25, -0.2) is 0 Å². The van der Waals surface area contributed by atoms with E-state index in [0.717, 1.165) is 26.9 Å². The van der Waals surface area contributed by atoms with Crippen LogP contribution < -0.4 is 5.32 Å². The van der Waals surface area contributed by atoms with Crippen LogP contribution in [0.3, 0.4) is 0 Å². The summed E-state index contributed by atoms with van der Waals surface area (Å²) in [6, 6.07) is 13.9. The van der Waals surface area contributed by atoms with Gasteiger partial charge in [-0.05, 0) is 36.8 Å². The Morgan fingerprint density at radius 1 is 1.16 bits per heavy atom. The van der Waals surface area contributed by atoms with Gasteiger partial charge >= 0.3 is 0 Å². The van der Waals surface area contributed by atoms with Crippen LogP contribution in [0.4, 0.5) is 5.69 Å². The van der Waals surface area contributed by atoms with Gasteiger partial charge in [0.2, 0.25) is 0 Å². The maximum Gasteiger partial charge on any atom is 0.256 e. The lowest BCUT2D eigenvalue weighted by atomic mass is 10.0. The molecule has 1 aliphatic heterocycles. The predicted molar refractivity (Wildman–Crippen MR) is 81.8 cm³/mol. The van der Waals surface area contributed by atoms with E-state index in [9.17, 15) is 4.79 Å². The molecule has 0 aliphatic carbocycles. The third-order valence-electron chi connectivity index (χ3n) is 3.16. The number of carbonyl (C=O) groups excluding carboxylic acids is 1. The number of hydrogen-bond acceptors (Lipinski definition) is 1. The monoisotopic (exact) mass is 313 g/mol. The highest BCUT2D eigenvalue weighted by atomic mass is 79.9. The topological polar surface area (TPSA) is 29.1 Å². The molecular formula is C16H12BrNO. The van der Waals surface area contributed by atoms with Crippen molar-refractivity contribution in [2.24, 2.45) is 0 Å². The highest BCUT2D eigenvalue weighted by molar-refractivity contribution is 9.10. The molecule has 1 aliphatic rings. The number of hydrogen-bond donors (Lipinski definition) is 1. The van der Waals surface area contributed by atoms with E-state index in [1.165, 1.54) is 0 Å². The smallest absolute Gasteiger partial charge is 0.256 e. The molecule has 1 amide bonds. The van der Waals surface area contributed by atoms with Crippen LogP contribution in [-0.2, 0) is 4.79 Å². The van der Waals surface area contributed by atoms with Crippen LogP contribution in [0.1, 0.15) is 16.7 Å². The van der Waals surface area contributed by atoms with Gasteiger partial charge in [0.05, 0.1) is 0 Å². The molecule has 0 spiro atoms. The molecule has 2 aromatic carbocycles. The third kappa shape index (κ3) is 2.22. The molecule has 0 saturated heterocycles. The van der Waals surface area contributed by atoms with E-state index < -0.39 is 0 Å². The second-order valence-electron chi connectivity index (χ2n) is 4.58. The maximum atomic E-state index is 12.1. The van der Waals surface area contributed by atoms with Crippen molar-refractivity contribution < 1.29 is 4.79 Å². The first-order valence-electron chi connectivity index (χ1n) is 6.04. The molecule has 2 nitrogen and oxygen atoms in total. The second kappa shape index (κ2) is 4.67. The van der Waals surface area contributed by atoms with Gasteiger partial charge in [-0.1, -0.05) is 45.8 Å². The average Bonchev–Trinajstić information content (AvgIpc) is 2.69. The summed E-state index contributed by atoms with van der Waals surface area (Å²) in [6.45, 7) is 2.03. The largest absolute Gasteiger partial charge is 0.321 e. The van der Waals surface area contributed by atoms with Crippen molar-refractivity contribution in [2.45, 2.75) is 6.92 Å². The Morgan fingerprint density at radius 2 is 1.95 bits per heavy atom. The molecule has 0 unspecified atom stereocenters. The Hall–Kier alpha value is -1.87. The lowest BCUT2D eigenvalue weighted by Gasteiger charge is -2.02. The number of halogens is 1. The van der Waals surface area contributed by atoms with Crippen molar-refractivity contribution in [1.82, 2.24) is 0 Å². The van der Waals surface area contributed by atoms with Crippen LogP contribution >= 0.6 is 15.9 Å². The van der Waals surface area contributed by atoms with E-state index in [4.69, 9.17) is 0 Å². The molecule has 0 radical (unpaired) electrons. The number of rotatable bonds is 1. The van der Waals surface area contributed by atoms with Gasteiger partial charge in [0, 0.05) is 21.3 Å². The number of anilines is 1. The third-order valence-corrected chi connectivity index (χ3v) is 3.89. The van der Waals surface area contributed by atoms with E-state index in [1.807, 2.05) is 55.5 Å². The summed E-state index contributed by atoms with van der Waals surface area (Å²) in [5.41, 5.74) is 4.72. The van der Waals surface area contributed by atoms with Gasteiger partial charge in [-0.15, -0.1) is 0 Å². The van der Waals surface area contributed by atoms with Crippen LogP contribution in [0.25, 0.3) is 11.6 Å². The van der Waals surface area contributed by atoms with Crippen LogP contribution in [0.15, 0.2) is 46.9 Å². The van der Waals surface area contributed by atoms with Crippen molar-refractivity contribution in [2.75, 3.05) is 5.32 Å². The van der Waals surface area contributed by atoms with E-state index >= 15 is 0 Å². The van der Waals surface area contributed by atoms with E-state index in [2.05, 4.69) is 21.2 Å². The number of aryl methyl sites for hydroxylation is 1. The minimum atomic E-state index is -0.0450. The molecular weight excluding hydrogens is 302 g/mol. The summed E-state index contributed by atoms with van der Waals surface area (Å²) in [4.78, 5) is 12.1. The zero-order chi connectivity index (χ0) is 13.4. The van der Waals surface area contributed by atoms with Crippen molar-refractivity contribution in [3.8, 4) is 0 Å². The molecule has 0 saturated carbocycles. The molecule has 0 aromatic heterocycles. The van der Waals surface area contributed by atoms with Gasteiger partial charge in [-0.3, -0.25) is 4.79 Å². The Morgan fingerprint density at radius 3 is 2.74 bits per heavy atom. The first-order valence-corrected chi connectivity index (χ1v) is 6.83. The summed E-state index contributed by atoms with van der Waals surface area (Å²) in [5, 5.41) is 2.89. The summed E-state index contributed by atoms with van der Waals surface area (Å²) in [6.07, 6.45) is 1.92. The highest BCUT2D eigenvalue weighted by Crippen LogP contribution is 2.34. The number of amides is 1. The number of nitrogens with one attached hydrogen (secondary N) is 1. The molecule has 19 heavy (non-hydrogen) atoms. The van der Waals surface area contributed by atoms with Gasteiger partial charge in [0.15, 0.2) is 0 Å². The van der Waals surface area contributed by atoms with E-state index in [0.29, 0.717) is 5.57 Å². The fourth-order valence-corrected chi connectivity index (χ4v) is 2.59. The SMILES string of the molecule is Cc1ccc2c(c1)/C(=C\c1ccccc1Br)C(=O)N2. The van der Waals surface area contributed by atoms with Crippen LogP contribution in [0.2, 0.25) is 0 Å². The number of fused-ring (bicyclic) bond motifs is 1. The van der Waals surface area contributed by atoms with Crippen molar-refractivity contribution in [3.05, 3.63) is 63.6 Å². The summed E-state index contributed by atoms with van der Waals surface area (Å²) in [5.74, 6) is -0.0450. The van der Waals surface area contributed by atoms with Crippen molar-refractivity contribution >= 4 is 39.2 Å². The molecule has 3 heteroatoms. The average molecular weight is 314 g/mol. The number of carbonyl (C=O) groups is 1. The van der Waals surface area contributed by atoms with Gasteiger partial charge in [-0.2, -0.15) is 0 Å². The van der Waals surface area contributed by atoms with Gasteiger partial charge < -0.3 is 5.32 Å². The molecule has 94 valence electrons. The van der Waals surface area contributed by atoms with Gasteiger partial charge in [0.1, 0.15) is 0 Å².